The van der Waals surface area contributed by atoms with E-state index in [-0.39, 0.29) is 0 Å². The molecule has 0 aromatic heterocycles. The topological polar surface area (TPSA) is 64.3 Å². The van der Waals surface area contributed by atoms with Crippen LogP contribution in [0, 0.1) is 16.7 Å². The zero-order valence-corrected chi connectivity index (χ0v) is 13.2. The summed E-state index contributed by atoms with van der Waals surface area (Å²) >= 11 is 1.65. The van der Waals surface area contributed by atoms with Crippen molar-refractivity contribution >= 4 is 23.4 Å². The van der Waals surface area contributed by atoms with E-state index in [0.717, 1.165) is 16.3 Å². The molecule has 112 valence electrons. The molecule has 1 aliphatic rings. The minimum atomic E-state index is -0.731. The highest BCUT2D eigenvalue weighted by molar-refractivity contribution is 7.99. The van der Waals surface area contributed by atoms with Crippen LogP contribution in [0.1, 0.15) is 32.3 Å². The number of carboxylic acids is 1. The number of aliphatic carboxylic acids is 1. The summed E-state index contributed by atoms with van der Waals surface area (Å²) in [6, 6.07) is 8.11. The van der Waals surface area contributed by atoms with Crippen LogP contribution in [0.5, 0.6) is 0 Å². The molecule has 1 aromatic rings. The summed E-state index contributed by atoms with van der Waals surface area (Å²) in [7, 11) is 0. The summed E-state index contributed by atoms with van der Waals surface area (Å²) in [4.78, 5) is 14.6. The van der Waals surface area contributed by atoms with Gasteiger partial charge in [0.25, 0.3) is 0 Å². The maximum absolute atomic E-state index is 11.6. The Kier molecular flexibility index (Phi) is 4.79. The zero-order valence-electron chi connectivity index (χ0n) is 12.4. The van der Waals surface area contributed by atoms with Crippen LogP contribution in [-0.4, -0.2) is 29.9 Å². The first kappa shape index (κ1) is 15.7. The van der Waals surface area contributed by atoms with Gasteiger partial charge in [0.15, 0.2) is 0 Å². The van der Waals surface area contributed by atoms with Crippen molar-refractivity contribution in [1.82, 2.24) is 0 Å². The Morgan fingerprint density at radius 3 is 2.81 bits per heavy atom. The van der Waals surface area contributed by atoms with Crippen LogP contribution < -0.4 is 4.90 Å². The van der Waals surface area contributed by atoms with E-state index < -0.39 is 11.4 Å². The lowest BCUT2D eigenvalue weighted by Crippen LogP contribution is -2.34. The molecule has 0 aliphatic carbocycles. The van der Waals surface area contributed by atoms with Crippen molar-refractivity contribution in [2.45, 2.75) is 31.6 Å². The molecule has 4 nitrogen and oxygen atoms in total. The normalized spacial score (nSPS) is 21.3. The lowest BCUT2D eigenvalue weighted by molar-refractivity contribution is -0.147. The second kappa shape index (κ2) is 6.40. The largest absolute Gasteiger partial charge is 0.481 e. The van der Waals surface area contributed by atoms with E-state index in [9.17, 15) is 15.2 Å². The van der Waals surface area contributed by atoms with Crippen LogP contribution in [0.2, 0.25) is 0 Å². The molecule has 0 radical (unpaired) electrons. The number of carboxylic acid groups (broad SMARTS) is 1. The lowest BCUT2D eigenvalue weighted by atomic mass is 9.84. The predicted octanol–water partition coefficient (Wildman–Crippen LogP) is 3.36. The molecule has 0 saturated carbocycles. The second-order valence-corrected chi connectivity index (χ2v) is 6.61. The SMILES string of the molecule is CCSc1cccc(N2CCC(CC)(C(=O)O)C2)c1C#N. The molecule has 1 aromatic carbocycles. The third-order valence-corrected chi connectivity index (χ3v) is 5.18. The van der Waals surface area contributed by atoms with Crippen LogP contribution >= 0.6 is 11.8 Å². The van der Waals surface area contributed by atoms with Gasteiger partial charge in [0.1, 0.15) is 6.07 Å². The number of anilines is 1. The molecular weight excluding hydrogens is 284 g/mol. The molecular formula is C16H20N2O2S. The number of hydrogen-bond acceptors (Lipinski definition) is 4. The highest BCUT2D eigenvalue weighted by Gasteiger charge is 2.43. The summed E-state index contributed by atoms with van der Waals surface area (Å²) in [5.74, 6) is 0.177. The molecule has 1 atom stereocenters. The first-order valence-corrected chi connectivity index (χ1v) is 8.20. The van der Waals surface area contributed by atoms with Gasteiger partial charge in [0.05, 0.1) is 16.7 Å². The fourth-order valence-corrected chi connectivity index (χ4v) is 3.64. The Balaban J connectivity index is 2.34. The van der Waals surface area contributed by atoms with E-state index in [2.05, 4.69) is 17.9 Å². The molecule has 0 bridgehead atoms. The molecule has 1 aliphatic heterocycles. The highest BCUT2D eigenvalue weighted by atomic mass is 32.2. The molecule has 1 unspecified atom stereocenters. The van der Waals surface area contributed by atoms with Gasteiger partial charge >= 0.3 is 5.97 Å². The third kappa shape index (κ3) is 2.86. The van der Waals surface area contributed by atoms with Crippen LogP contribution in [0.4, 0.5) is 5.69 Å². The highest BCUT2D eigenvalue weighted by Crippen LogP contribution is 2.39. The molecule has 2 rings (SSSR count). The van der Waals surface area contributed by atoms with Crippen LogP contribution in [0.15, 0.2) is 23.1 Å². The minimum absolute atomic E-state index is 0.480. The van der Waals surface area contributed by atoms with E-state index in [1.165, 1.54) is 0 Å². The van der Waals surface area contributed by atoms with Crippen molar-refractivity contribution in [3.63, 3.8) is 0 Å². The van der Waals surface area contributed by atoms with Gasteiger partial charge in [-0.1, -0.05) is 19.9 Å². The minimum Gasteiger partial charge on any atom is -0.481 e. The number of carbonyl (C=O) groups is 1. The third-order valence-electron chi connectivity index (χ3n) is 4.24. The van der Waals surface area contributed by atoms with E-state index in [1.54, 1.807) is 11.8 Å². The number of benzene rings is 1. The number of nitrogens with zero attached hydrogens (tertiary/aromatic N) is 2. The first-order valence-electron chi connectivity index (χ1n) is 7.22. The summed E-state index contributed by atoms with van der Waals surface area (Å²) in [6.45, 7) is 5.15. The average Bonchev–Trinajstić information content (AvgIpc) is 2.93. The maximum atomic E-state index is 11.6. The standard InChI is InChI=1S/C16H20N2O2S/c1-3-16(15(19)20)8-9-18(11-16)13-6-5-7-14(21-4-2)12(13)10-17/h5-7H,3-4,8-9,11H2,1-2H3,(H,19,20). The molecule has 1 saturated heterocycles. The fraction of sp³-hybridized carbons (Fsp3) is 0.500. The number of nitriles is 1. The zero-order chi connectivity index (χ0) is 15.5. The molecule has 5 heteroatoms. The molecule has 21 heavy (non-hydrogen) atoms. The van der Waals surface area contributed by atoms with Gasteiger partial charge in [0.2, 0.25) is 0 Å². The first-order chi connectivity index (χ1) is 10.1. The van der Waals surface area contributed by atoms with Crippen molar-refractivity contribution in [3.05, 3.63) is 23.8 Å². The number of rotatable bonds is 5. The number of hydrogen-bond donors (Lipinski definition) is 1. The van der Waals surface area contributed by atoms with E-state index in [4.69, 9.17) is 0 Å². The van der Waals surface area contributed by atoms with Crippen LogP contribution in [0.25, 0.3) is 0 Å². The van der Waals surface area contributed by atoms with Gasteiger partial charge in [-0.25, -0.2) is 0 Å². The van der Waals surface area contributed by atoms with E-state index in [0.29, 0.717) is 31.5 Å². The van der Waals surface area contributed by atoms with Gasteiger partial charge in [-0.05, 0) is 30.7 Å². The van der Waals surface area contributed by atoms with Crippen molar-refractivity contribution in [2.75, 3.05) is 23.7 Å². The van der Waals surface area contributed by atoms with Gasteiger partial charge in [0, 0.05) is 18.0 Å². The van der Waals surface area contributed by atoms with Gasteiger partial charge in [-0.2, -0.15) is 5.26 Å². The number of thioether (sulfide) groups is 1. The quantitative estimate of drug-likeness (QED) is 0.845. The van der Waals surface area contributed by atoms with Crippen molar-refractivity contribution in [1.29, 1.82) is 5.26 Å². The van der Waals surface area contributed by atoms with Crippen LogP contribution in [0.3, 0.4) is 0 Å². The van der Waals surface area contributed by atoms with Crippen molar-refractivity contribution in [2.24, 2.45) is 5.41 Å². The Morgan fingerprint density at radius 2 is 2.29 bits per heavy atom. The summed E-state index contributed by atoms with van der Waals surface area (Å²) in [5, 5.41) is 19.0. The van der Waals surface area contributed by atoms with Crippen LogP contribution in [-0.2, 0) is 4.79 Å². The smallest absolute Gasteiger partial charge is 0.311 e. The maximum Gasteiger partial charge on any atom is 0.311 e. The molecule has 1 N–H and O–H groups in total. The summed E-state index contributed by atoms with van der Waals surface area (Å²) < 4.78 is 0. The molecule has 1 fully saturated rings. The summed E-state index contributed by atoms with van der Waals surface area (Å²) in [6.07, 6.45) is 1.25. The van der Waals surface area contributed by atoms with Gasteiger partial charge in [-0.3, -0.25) is 4.79 Å². The molecule has 0 amide bonds. The lowest BCUT2D eigenvalue weighted by Gasteiger charge is -2.25. The van der Waals surface area contributed by atoms with Gasteiger partial charge < -0.3 is 10.0 Å². The Bertz CT molecular complexity index is 582. The predicted molar refractivity (Wildman–Crippen MR) is 84.7 cm³/mol. The fourth-order valence-electron chi connectivity index (χ4n) is 2.86. The van der Waals surface area contributed by atoms with Crippen molar-refractivity contribution < 1.29 is 9.90 Å². The van der Waals surface area contributed by atoms with E-state index >= 15 is 0 Å². The Hall–Kier alpha value is -1.67. The van der Waals surface area contributed by atoms with E-state index in [1.807, 2.05) is 25.1 Å². The molecule has 0 spiro atoms. The average molecular weight is 304 g/mol. The molecule has 1 heterocycles. The Labute approximate surface area is 129 Å². The second-order valence-electron chi connectivity index (χ2n) is 5.31. The monoisotopic (exact) mass is 304 g/mol. The summed E-state index contributed by atoms with van der Waals surface area (Å²) in [5.41, 5.74) is 0.856. The van der Waals surface area contributed by atoms with Gasteiger partial charge in [-0.15, -0.1) is 11.8 Å². The Morgan fingerprint density at radius 1 is 1.52 bits per heavy atom. The van der Waals surface area contributed by atoms with Crippen molar-refractivity contribution in [3.8, 4) is 6.07 Å².